The van der Waals surface area contributed by atoms with Crippen LogP contribution in [-0.2, 0) is 0 Å². The molecule has 0 atom stereocenters. The van der Waals surface area contributed by atoms with Crippen LogP contribution in [0.15, 0.2) is 0 Å². The quantitative estimate of drug-likeness (QED) is 0.495. The summed E-state index contributed by atoms with van der Waals surface area (Å²) in [6.45, 7) is 2.14. The van der Waals surface area contributed by atoms with Gasteiger partial charge in [-0.05, 0) is 28.1 Å². The van der Waals surface area contributed by atoms with Crippen molar-refractivity contribution in [2.24, 2.45) is 0 Å². The van der Waals surface area contributed by atoms with Crippen LogP contribution in [0.3, 0.4) is 0 Å². The molecule has 7 heavy (non-hydrogen) atoms. The molecule has 0 amide bonds. The standard InChI is InChI=1S/C4H7BrS2/c1-2-3-7-4(5)6/h2-3H2,1H3. The van der Waals surface area contributed by atoms with Crippen LogP contribution in [0.2, 0.25) is 0 Å². The molecule has 0 unspecified atom stereocenters. The summed E-state index contributed by atoms with van der Waals surface area (Å²) >= 11 is 9.59. The Morgan fingerprint density at radius 2 is 2.43 bits per heavy atom. The Labute approximate surface area is 62.2 Å². The molecule has 0 aliphatic rings. The Hall–Kier alpha value is 0.920. The summed E-state index contributed by atoms with van der Waals surface area (Å²) in [5, 5.41) is 0. The van der Waals surface area contributed by atoms with Gasteiger partial charge < -0.3 is 0 Å². The lowest BCUT2D eigenvalue weighted by atomic mass is 10.6. The van der Waals surface area contributed by atoms with E-state index in [4.69, 9.17) is 12.2 Å². The van der Waals surface area contributed by atoms with Crippen LogP contribution in [0.25, 0.3) is 0 Å². The Balaban J connectivity index is 2.82. The molecule has 0 heterocycles. The fourth-order valence-corrected chi connectivity index (χ4v) is 1.28. The van der Waals surface area contributed by atoms with Gasteiger partial charge in [-0.15, -0.1) is 11.8 Å². The molecule has 0 aliphatic heterocycles. The lowest BCUT2D eigenvalue weighted by Crippen LogP contribution is -1.74. The molecule has 0 N–H and O–H groups in total. The van der Waals surface area contributed by atoms with Gasteiger partial charge in [-0.3, -0.25) is 0 Å². The Morgan fingerprint density at radius 3 is 2.57 bits per heavy atom. The lowest BCUT2D eigenvalue weighted by molar-refractivity contribution is 1.11. The van der Waals surface area contributed by atoms with E-state index in [1.54, 1.807) is 11.8 Å². The monoisotopic (exact) mass is 198 g/mol. The second-order valence-corrected chi connectivity index (χ2v) is 4.70. The minimum Gasteiger partial charge on any atom is -0.107 e. The van der Waals surface area contributed by atoms with E-state index in [1.807, 2.05) is 0 Å². The first kappa shape index (κ1) is 7.92. The molecule has 0 aromatic heterocycles. The molecule has 0 aliphatic carbocycles. The zero-order valence-electron chi connectivity index (χ0n) is 4.11. The minimum atomic E-state index is 0.870. The Morgan fingerprint density at radius 1 is 1.86 bits per heavy atom. The highest BCUT2D eigenvalue weighted by Crippen LogP contribution is 2.10. The van der Waals surface area contributed by atoms with Crippen LogP contribution in [0, 0.1) is 0 Å². The lowest BCUT2D eigenvalue weighted by Gasteiger charge is -1.88. The van der Waals surface area contributed by atoms with Crippen molar-refractivity contribution in [3.05, 3.63) is 0 Å². The number of rotatable bonds is 2. The highest BCUT2D eigenvalue weighted by Gasteiger charge is 1.85. The zero-order valence-corrected chi connectivity index (χ0v) is 7.33. The summed E-state index contributed by atoms with van der Waals surface area (Å²) in [7, 11) is 0. The summed E-state index contributed by atoms with van der Waals surface area (Å²) in [5.74, 6) is 1.13. The van der Waals surface area contributed by atoms with Crippen LogP contribution >= 0.6 is 39.9 Å². The highest BCUT2D eigenvalue weighted by molar-refractivity contribution is 9.24. The normalized spacial score (nSPS) is 8.86. The smallest absolute Gasteiger partial charge is 0.107 e. The van der Waals surface area contributed by atoms with Crippen molar-refractivity contribution in [1.82, 2.24) is 0 Å². The summed E-state index contributed by atoms with van der Waals surface area (Å²) in [4.78, 5) is 0. The molecule has 0 saturated heterocycles. The maximum atomic E-state index is 4.74. The SMILES string of the molecule is CCCSC(=S)Br. The second-order valence-electron chi connectivity index (χ2n) is 1.09. The van der Waals surface area contributed by atoms with Crippen LogP contribution in [0.5, 0.6) is 0 Å². The van der Waals surface area contributed by atoms with Gasteiger partial charge in [-0.1, -0.05) is 19.1 Å². The average molecular weight is 199 g/mol. The molecule has 0 bridgehead atoms. The van der Waals surface area contributed by atoms with E-state index >= 15 is 0 Å². The molecular formula is C4H7BrS2. The summed E-state index contributed by atoms with van der Waals surface area (Å²) in [6, 6.07) is 0. The molecule has 0 radical (unpaired) electrons. The number of halogens is 1. The first-order chi connectivity index (χ1) is 3.27. The number of thiocarbonyl (C=S) groups is 1. The molecule has 0 aromatic carbocycles. The van der Waals surface area contributed by atoms with Gasteiger partial charge in [-0.25, -0.2) is 0 Å². The van der Waals surface area contributed by atoms with Gasteiger partial charge in [0.1, 0.15) is 3.11 Å². The summed E-state index contributed by atoms with van der Waals surface area (Å²) in [6.07, 6.45) is 1.19. The van der Waals surface area contributed by atoms with Crippen molar-refractivity contribution in [1.29, 1.82) is 0 Å². The van der Waals surface area contributed by atoms with E-state index in [1.165, 1.54) is 6.42 Å². The van der Waals surface area contributed by atoms with Gasteiger partial charge in [0.15, 0.2) is 0 Å². The largest absolute Gasteiger partial charge is 0.113 e. The zero-order chi connectivity index (χ0) is 5.70. The molecule has 3 heteroatoms. The van der Waals surface area contributed by atoms with Crippen molar-refractivity contribution in [2.45, 2.75) is 13.3 Å². The first-order valence-electron chi connectivity index (χ1n) is 2.09. The third-order valence-electron chi connectivity index (χ3n) is 0.420. The van der Waals surface area contributed by atoms with Crippen molar-refractivity contribution in [2.75, 3.05) is 5.75 Å². The van der Waals surface area contributed by atoms with Gasteiger partial charge in [0, 0.05) is 0 Å². The van der Waals surface area contributed by atoms with Crippen LogP contribution in [-0.4, -0.2) is 8.86 Å². The third-order valence-corrected chi connectivity index (χ3v) is 2.30. The van der Waals surface area contributed by atoms with Gasteiger partial charge >= 0.3 is 0 Å². The van der Waals surface area contributed by atoms with Crippen molar-refractivity contribution in [3.63, 3.8) is 0 Å². The van der Waals surface area contributed by atoms with Crippen LogP contribution in [0.4, 0.5) is 0 Å². The fraction of sp³-hybridized carbons (Fsp3) is 0.750. The van der Waals surface area contributed by atoms with Crippen LogP contribution in [0.1, 0.15) is 13.3 Å². The minimum absolute atomic E-state index is 0.870. The molecule has 0 spiro atoms. The number of hydrogen-bond donors (Lipinski definition) is 0. The molecule has 0 fully saturated rings. The Kier molecular flexibility index (Phi) is 5.73. The molecule has 42 valence electrons. The fourth-order valence-electron chi connectivity index (χ4n) is 0.182. The van der Waals surface area contributed by atoms with Crippen molar-refractivity contribution in [3.8, 4) is 0 Å². The maximum Gasteiger partial charge on any atom is 0.113 e. The van der Waals surface area contributed by atoms with Crippen molar-refractivity contribution < 1.29 is 0 Å². The predicted octanol–water partition coefficient (Wildman–Crippen LogP) is 2.81. The van der Waals surface area contributed by atoms with E-state index in [-0.39, 0.29) is 0 Å². The van der Waals surface area contributed by atoms with E-state index in [0.29, 0.717) is 0 Å². The molecular weight excluding hydrogens is 192 g/mol. The average Bonchev–Trinajstić information content (AvgIpc) is 1.61. The molecule has 0 saturated carbocycles. The van der Waals surface area contributed by atoms with E-state index in [2.05, 4.69) is 22.9 Å². The third kappa shape index (κ3) is 6.92. The van der Waals surface area contributed by atoms with Crippen LogP contribution < -0.4 is 0 Å². The second kappa shape index (κ2) is 5.06. The van der Waals surface area contributed by atoms with Gasteiger partial charge in [0.05, 0.1) is 0 Å². The molecule has 0 rings (SSSR count). The van der Waals surface area contributed by atoms with Gasteiger partial charge in [0.2, 0.25) is 0 Å². The number of thioether (sulfide) groups is 1. The number of hydrogen-bond acceptors (Lipinski definition) is 2. The summed E-state index contributed by atoms with van der Waals surface area (Å²) < 4.78 is 0.870. The van der Waals surface area contributed by atoms with Gasteiger partial charge in [0.25, 0.3) is 0 Å². The Bertz CT molecular complexity index is 62.7. The van der Waals surface area contributed by atoms with E-state index in [9.17, 15) is 0 Å². The van der Waals surface area contributed by atoms with Gasteiger partial charge in [-0.2, -0.15) is 0 Å². The van der Waals surface area contributed by atoms with E-state index < -0.39 is 0 Å². The topological polar surface area (TPSA) is 0 Å². The summed E-state index contributed by atoms with van der Waals surface area (Å²) in [5.41, 5.74) is 0. The molecule has 0 nitrogen and oxygen atoms in total. The highest BCUT2D eigenvalue weighted by atomic mass is 79.9. The van der Waals surface area contributed by atoms with E-state index in [0.717, 1.165) is 8.86 Å². The first-order valence-corrected chi connectivity index (χ1v) is 4.28. The van der Waals surface area contributed by atoms with Crippen molar-refractivity contribution >= 4 is 43.0 Å². The predicted molar refractivity (Wildman–Crippen MR) is 44.3 cm³/mol. The maximum absolute atomic E-state index is 4.74. The molecule has 0 aromatic rings.